The van der Waals surface area contributed by atoms with Gasteiger partial charge in [-0.25, -0.2) is 14.2 Å². The van der Waals surface area contributed by atoms with Crippen molar-refractivity contribution in [3.63, 3.8) is 0 Å². The number of hydrogen-bond acceptors (Lipinski definition) is 6. The van der Waals surface area contributed by atoms with Crippen LogP contribution in [0.25, 0.3) is 0 Å². The van der Waals surface area contributed by atoms with Gasteiger partial charge in [-0.2, -0.15) is 0 Å². The third-order valence-corrected chi connectivity index (χ3v) is 6.86. The molecule has 34 heavy (non-hydrogen) atoms. The second-order valence-corrected chi connectivity index (χ2v) is 9.24. The van der Waals surface area contributed by atoms with Crippen LogP contribution in [-0.4, -0.2) is 82.9 Å². The number of fused-ring (bicyclic) bond motifs is 1. The van der Waals surface area contributed by atoms with E-state index in [1.807, 2.05) is 29.2 Å². The van der Waals surface area contributed by atoms with Crippen molar-refractivity contribution < 1.29 is 14.0 Å². The van der Waals surface area contributed by atoms with Crippen molar-refractivity contribution >= 4 is 29.5 Å². The van der Waals surface area contributed by atoms with E-state index >= 15 is 0 Å². The van der Waals surface area contributed by atoms with Gasteiger partial charge in [0, 0.05) is 56.9 Å². The van der Waals surface area contributed by atoms with E-state index in [9.17, 15) is 14.0 Å². The van der Waals surface area contributed by atoms with Gasteiger partial charge >= 0.3 is 6.03 Å². The number of nitrogens with one attached hydrogen (secondary N) is 1. The highest BCUT2D eigenvalue weighted by atomic mass is 35.5. The number of halogens is 2. The molecule has 10 heteroatoms. The minimum atomic E-state index is -0.704. The first-order valence-corrected chi connectivity index (χ1v) is 11.7. The van der Waals surface area contributed by atoms with Gasteiger partial charge in [0.15, 0.2) is 18.2 Å². The normalized spacial score (nSPS) is 23.1. The molecule has 0 aliphatic carbocycles. The molecule has 3 aliphatic rings. The lowest BCUT2D eigenvalue weighted by molar-refractivity contribution is -0.127. The summed E-state index contributed by atoms with van der Waals surface area (Å²) < 4.78 is 14.5. The number of hydrogen-bond donors (Lipinski definition) is 1. The van der Waals surface area contributed by atoms with Gasteiger partial charge in [-0.15, -0.1) is 0 Å². The minimum Gasteiger partial charge on any atom is -0.340 e. The van der Waals surface area contributed by atoms with Gasteiger partial charge in [0.2, 0.25) is 0 Å². The standard InChI is InChI=1S/C24H26ClFN6O2/c1-29-21-20(22(33)28-24(29)34)32(15-17-4-2-3-5-19(17)26)23(27-21)31-12-10-30(11-13-31)14-16-6-8-18(25)9-7-16/h2-9,20-21H,10-15H2,1H3,(H,28,33,34). The molecule has 3 aliphatic heterocycles. The van der Waals surface area contributed by atoms with E-state index in [-0.39, 0.29) is 12.4 Å². The number of carbonyl (C=O) groups is 2. The number of likely N-dealkylation sites (N-methyl/N-ethyl adjacent to an activating group) is 1. The van der Waals surface area contributed by atoms with E-state index in [2.05, 4.69) is 15.1 Å². The van der Waals surface area contributed by atoms with E-state index in [1.165, 1.54) is 16.5 Å². The summed E-state index contributed by atoms with van der Waals surface area (Å²) in [7, 11) is 1.62. The maximum atomic E-state index is 14.5. The van der Waals surface area contributed by atoms with Crippen LogP contribution in [0.3, 0.4) is 0 Å². The number of rotatable bonds is 4. The summed E-state index contributed by atoms with van der Waals surface area (Å²) in [5.41, 5.74) is 1.67. The maximum absolute atomic E-state index is 14.5. The fraction of sp³-hybridized carbons (Fsp3) is 0.375. The summed E-state index contributed by atoms with van der Waals surface area (Å²) in [6.07, 6.45) is -0.643. The maximum Gasteiger partial charge on any atom is 0.325 e. The van der Waals surface area contributed by atoms with E-state index in [1.54, 1.807) is 25.2 Å². The minimum absolute atomic E-state index is 0.188. The first-order chi connectivity index (χ1) is 16.4. The largest absolute Gasteiger partial charge is 0.340 e. The molecule has 2 saturated heterocycles. The summed E-state index contributed by atoms with van der Waals surface area (Å²) >= 11 is 5.99. The molecule has 2 aromatic rings. The molecule has 2 aromatic carbocycles. The van der Waals surface area contributed by atoms with Crippen LogP contribution in [0, 0.1) is 5.82 Å². The Kier molecular flexibility index (Phi) is 6.14. The topological polar surface area (TPSA) is 71.5 Å². The van der Waals surface area contributed by atoms with Crippen LogP contribution < -0.4 is 5.32 Å². The highest BCUT2D eigenvalue weighted by Gasteiger charge is 2.50. The quantitative estimate of drug-likeness (QED) is 0.721. The van der Waals surface area contributed by atoms with Crippen LogP contribution in [0.2, 0.25) is 5.02 Å². The molecular weight excluding hydrogens is 459 g/mol. The SMILES string of the molecule is CN1C(=O)NC(=O)C2C1N=C(N1CCN(Cc3ccc(Cl)cc3)CC1)N2Cc1ccccc1F. The van der Waals surface area contributed by atoms with Crippen molar-refractivity contribution in [2.45, 2.75) is 25.3 Å². The van der Waals surface area contributed by atoms with E-state index in [0.717, 1.165) is 24.7 Å². The van der Waals surface area contributed by atoms with Gasteiger partial charge in [-0.1, -0.05) is 41.9 Å². The molecule has 0 saturated carbocycles. The molecule has 0 spiro atoms. The second kappa shape index (κ2) is 9.23. The van der Waals surface area contributed by atoms with E-state index in [4.69, 9.17) is 16.6 Å². The van der Waals surface area contributed by atoms with Crippen LogP contribution in [0.15, 0.2) is 53.5 Å². The smallest absolute Gasteiger partial charge is 0.325 e. The summed E-state index contributed by atoms with van der Waals surface area (Å²) in [6.45, 7) is 4.04. The number of imide groups is 1. The molecule has 2 fully saturated rings. The predicted molar refractivity (Wildman–Crippen MR) is 127 cm³/mol. The molecule has 0 radical (unpaired) electrons. The van der Waals surface area contributed by atoms with Crippen LogP contribution in [0.5, 0.6) is 0 Å². The molecule has 1 N–H and O–H groups in total. The molecule has 2 atom stereocenters. The Morgan fingerprint density at radius 3 is 2.44 bits per heavy atom. The molecule has 0 bridgehead atoms. The lowest BCUT2D eigenvalue weighted by Gasteiger charge is -2.40. The highest BCUT2D eigenvalue weighted by molar-refractivity contribution is 6.30. The third-order valence-electron chi connectivity index (χ3n) is 6.61. The zero-order valence-electron chi connectivity index (χ0n) is 18.8. The Morgan fingerprint density at radius 2 is 1.74 bits per heavy atom. The molecular formula is C24H26ClFN6O2. The number of aliphatic imine (C=N–C) groups is 1. The Morgan fingerprint density at radius 1 is 1.03 bits per heavy atom. The Labute approximate surface area is 202 Å². The molecule has 2 unspecified atom stereocenters. The number of nitrogens with zero attached hydrogens (tertiary/aromatic N) is 5. The monoisotopic (exact) mass is 484 g/mol. The van der Waals surface area contributed by atoms with Crippen molar-refractivity contribution in [1.29, 1.82) is 0 Å². The van der Waals surface area contributed by atoms with Crippen LogP contribution in [0.1, 0.15) is 11.1 Å². The van der Waals surface area contributed by atoms with Crippen molar-refractivity contribution in [2.75, 3.05) is 33.2 Å². The number of benzene rings is 2. The number of amides is 3. The van der Waals surface area contributed by atoms with Crippen LogP contribution in [0.4, 0.5) is 9.18 Å². The average molecular weight is 485 g/mol. The fourth-order valence-corrected chi connectivity index (χ4v) is 4.83. The fourth-order valence-electron chi connectivity index (χ4n) is 4.71. The zero-order chi connectivity index (χ0) is 23.8. The second-order valence-electron chi connectivity index (χ2n) is 8.80. The van der Waals surface area contributed by atoms with Gasteiger partial charge in [0.25, 0.3) is 5.91 Å². The number of carbonyl (C=O) groups excluding carboxylic acids is 2. The molecule has 5 rings (SSSR count). The van der Waals surface area contributed by atoms with Crippen molar-refractivity contribution in [2.24, 2.45) is 4.99 Å². The number of piperazine rings is 1. The Balaban J connectivity index is 1.35. The van der Waals surface area contributed by atoms with E-state index in [0.29, 0.717) is 24.6 Å². The van der Waals surface area contributed by atoms with Gasteiger partial charge < -0.3 is 14.7 Å². The summed E-state index contributed by atoms with van der Waals surface area (Å²) in [5.74, 6) is -0.121. The van der Waals surface area contributed by atoms with Crippen molar-refractivity contribution in [3.05, 3.63) is 70.5 Å². The van der Waals surface area contributed by atoms with Crippen LogP contribution >= 0.6 is 11.6 Å². The summed E-state index contributed by atoms with van der Waals surface area (Å²) in [4.78, 5) is 37.6. The molecule has 3 heterocycles. The lowest BCUT2D eigenvalue weighted by atomic mass is 10.1. The molecule has 178 valence electrons. The van der Waals surface area contributed by atoms with Gasteiger partial charge in [0.1, 0.15) is 5.82 Å². The van der Waals surface area contributed by atoms with Gasteiger partial charge in [-0.3, -0.25) is 15.0 Å². The first kappa shape index (κ1) is 22.6. The first-order valence-electron chi connectivity index (χ1n) is 11.3. The Hall–Kier alpha value is -3.17. The average Bonchev–Trinajstić information content (AvgIpc) is 3.21. The van der Waals surface area contributed by atoms with E-state index < -0.39 is 24.1 Å². The van der Waals surface area contributed by atoms with Gasteiger partial charge in [0.05, 0.1) is 0 Å². The number of guanidine groups is 1. The third kappa shape index (κ3) is 4.33. The summed E-state index contributed by atoms with van der Waals surface area (Å²) in [5, 5.41) is 3.11. The van der Waals surface area contributed by atoms with Crippen molar-refractivity contribution in [3.8, 4) is 0 Å². The Bertz CT molecular complexity index is 1120. The zero-order valence-corrected chi connectivity index (χ0v) is 19.6. The molecule has 0 aromatic heterocycles. The lowest BCUT2D eigenvalue weighted by Crippen LogP contribution is -2.64. The highest BCUT2D eigenvalue weighted by Crippen LogP contribution is 2.28. The predicted octanol–water partition coefficient (Wildman–Crippen LogP) is 2.34. The molecule has 8 nitrogen and oxygen atoms in total. The number of urea groups is 1. The van der Waals surface area contributed by atoms with Crippen LogP contribution in [-0.2, 0) is 17.9 Å². The van der Waals surface area contributed by atoms with Crippen molar-refractivity contribution in [1.82, 2.24) is 24.9 Å². The summed E-state index contributed by atoms with van der Waals surface area (Å²) in [6, 6.07) is 13.2. The van der Waals surface area contributed by atoms with Gasteiger partial charge in [-0.05, 0) is 23.8 Å². The molecule has 3 amide bonds.